The molecule has 6 heteroatoms. The highest BCUT2D eigenvalue weighted by atomic mass is 16.1. The van der Waals surface area contributed by atoms with Crippen molar-refractivity contribution in [3.05, 3.63) is 35.9 Å². The number of nitrogens with zero attached hydrogens (tertiary/aromatic N) is 4. The van der Waals surface area contributed by atoms with Crippen LogP contribution in [0.1, 0.15) is 23.7 Å². The Labute approximate surface area is 98.6 Å². The Morgan fingerprint density at radius 1 is 1.35 bits per heavy atom. The zero-order chi connectivity index (χ0) is 12.1. The minimum Gasteiger partial charge on any atom is -0.289 e. The van der Waals surface area contributed by atoms with E-state index in [-0.39, 0.29) is 5.91 Å². The van der Waals surface area contributed by atoms with Crippen LogP contribution in [0.2, 0.25) is 0 Å². The monoisotopic (exact) mass is 231 g/mol. The van der Waals surface area contributed by atoms with Crippen LogP contribution in [0.15, 0.2) is 30.3 Å². The number of carbonyl (C=O) groups excluding carboxylic acids is 1. The second-order valence-corrected chi connectivity index (χ2v) is 3.55. The molecule has 2 aromatic rings. The smallest absolute Gasteiger partial charge is 0.258 e. The van der Waals surface area contributed by atoms with Gasteiger partial charge in [0.15, 0.2) is 0 Å². The summed E-state index contributed by atoms with van der Waals surface area (Å²) in [5.74, 6) is 0.165. The highest BCUT2D eigenvalue weighted by Crippen LogP contribution is 2.05. The molecule has 0 aliphatic rings. The Hall–Kier alpha value is -2.24. The van der Waals surface area contributed by atoms with Crippen LogP contribution < -0.4 is 5.32 Å². The molecule has 1 amide bonds. The maximum Gasteiger partial charge on any atom is 0.258 e. The van der Waals surface area contributed by atoms with Gasteiger partial charge >= 0.3 is 0 Å². The van der Waals surface area contributed by atoms with Gasteiger partial charge in [0.2, 0.25) is 5.95 Å². The van der Waals surface area contributed by atoms with E-state index in [1.807, 2.05) is 25.1 Å². The first kappa shape index (κ1) is 11.3. The number of hydrogen-bond donors (Lipinski definition) is 1. The van der Waals surface area contributed by atoms with Crippen molar-refractivity contribution in [1.82, 2.24) is 20.2 Å². The molecule has 1 aromatic heterocycles. The quantitative estimate of drug-likeness (QED) is 0.861. The van der Waals surface area contributed by atoms with Gasteiger partial charge in [-0.05, 0) is 29.0 Å². The van der Waals surface area contributed by atoms with Gasteiger partial charge in [0.1, 0.15) is 0 Å². The fraction of sp³-hybridized carbons (Fsp3) is 0.273. The van der Waals surface area contributed by atoms with Gasteiger partial charge in [-0.1, -0.05) is 30.2 Å². The van der Waals surface area contributed by atoms with E-state index in [9.17, 15) is 4.79 Å². The van der Waals surface area contributed by atoms with Crippen LogP contribution >= 0.6 is 0 Å². The zero-order valence-corrected chi connectivity index (χ0v) is 9.50. The number of aromatic nitrogens is 4. The molecule has 0 bridgehead atoms. The first-order chi connectivity index (χ1) is 8.31. The third kappa shape index (κ3) is 2.66. The molecule has 2 rings (SSSR count). The normalized spacial score (nSPS) is 10.2. The number of benzene rings is 1. The molecule has 1 N–H and O–H groups in total. The van der Waals surface area contributed by atoms with E-state index in [4.69, 9.17) is 0 Å². The van der Waals surface area contributed by atoms with Gasteiger partial charge in [0.25, 0.3) is 5.91 Å². The molecule has 1 aromatic carbocycles. The van der Waals surface area contributed by atoms with Crippen molar-refractivity contribution in [3.63, 3.8) is 0 Å². The van der Waals surface area contributed by atoms with Crippen molar-refractivity contribution < 1.29 is 4.79 Å². The molecule has 0 atom stereocenters. The molecule has 0 saturated carbocycles. The standard InChI is InChI=1S/C11H13N5O/c1-2-8-16-11(13-14-15-16)12-10(17)9-6-4-3-5-7-9/h3-7H,2,8H2,1H3,(H,12,13,15,17). The largest absolute Gasteiger partial charge is 0.289 e. The van der Waals surface area contributed by atoms with Crippen molar-refractivity contribution >= 4 is 11.9 Å². The van der Waals surface area contributed by atoms with E-state index >= 15 is 0 Å². The zero-order valence-electron chi connectivity index (χ0n) is 9.50. The maximum atomic E-state index is 11.8. The van der Waals surface area contributed by atoms with E-state index < -0.39 is 0 Å². The molecule has 6 nitrogen and oxygen atoms in total. The number of rotatable bonds is 4. The van der Waals surface area contributed by atoms with Crippen LogP contribution in [0.3, 0.4) is 0 Å². The third-order valence-corrected chi connectivity index (χ3v) is 2.23. The maximum absolute atomic E-state index is 11.8. The van der Waals surface area contributed by atoms with E-state index in [1.54, 1.807) is 16.8 Å². The molecule has 0 saturated heterocycles. The van der Waals surface area contributed by atoms with Crippen molar-refractivity contribution in [1.29, 1.82) is 0 Å². The Bertz CT molecular complexity index is 494. The lowest BCUT2D eigenvalue weighted by Crippen LogP contribution is -2.16. The number of anilines is 1. The summed E-state index contributed by atoms with van der Waals surface area (Å²) in [5.41, 5.74) is 0.582. The van der Waals surface area contributed by atoms with Gasteiger partial charge in [-0.15, -0.1) is 0 Å². The summed E-state index contributed by atoms with van der Waals surface area (Å²) in [7, 11) is 0. The van der Waals surface area contributed by atoms with Crippen LogP contribution in [0, 0.1) is 0 Å². The number of nitrogens with one attached hydrogen (secondary N) is 1. The third-order valence-electron chi connectivity index (χ3n) is 2.23. The van der Waals surface area contributed by atoms with E-state index in [2.05, 4.69) is 20.8 Å². The van der Waals surface area contributed by atoms with Crippen molar-refractivity contribution in [3.8, 4) is 0 Å². The van der Waals surface area contributed by atoms with Crippen LogP contribution in [0.5, 0.6) is 0 Å². The van der Waals surface area contributed by atoms with Crippen LogP contribution in [0.25, 0.3) is 0 Å². The molecule has 0 aliphatic heterocycles. The van der Waals surface area contributed by atoms with Gasteiger partial charge in [-0.25, -0.2) is 4.68 Å². The van der Waals surface area contributed by atoms with E-state index in [0.717, 1.165) is 6.42 Å². The number of hydrogen-bond acceptors (Lipinski definition) is 4. The first-order valence-electron chi connectivity index (χ1n) is 5.44. The fourth-order valence-electron chi connectivity index (χ4n) is 1.42. The summed E-state index contributed by atoms with van der Waals surface area (Å²) in [6, 6.07) is 8.96. The van der Waals surface area contributed by atoms with Crippen molar-refractivity contribution in [2.75, 3.05) is 5.32 Å². The molecule has 0 radical (unpaired) electrons. The van der Waals surface area contributed by atoms with Gasteiger partial charge in [-0.3, -0.25) is 10.1 Å². The van der Waals surface area contributed by atoms with Gasteiger partial charge in [0.05, 0.1) is 0 Å². The summed E-state index contributed by atoms with van der Waals surface area (Å²) in [6.45, 7) is 2.70. The highest BCUT2D eigenvalue weighted by Gasteiger charge is 2.10. The predicted molar refractivity (Wildman–Crippen MR) is 62.5 cm³/mol. The lowest BCUT2D eigenvalue weighted by atomic mass is 10.2. The lowest BCUT2D eigenvalue weighted by Gasteiger charge is -2.04. The molecule has 1 heterocycles. The fourth-order valence-corrected chi connectivity index (χ4v) is 1.42. The topological polar surface area (TPSA) is 72.7 Å². The van der Waals surface area contributed by atoms with Crippen LogP contribution in [-0.2, 0) is 6.54 Å². The minimum absolute atomic E-state index is 0.210. The molecular formula is C11H13N5O. The molecular weight excluding hydrogens is 218 g/mol. The average Bonchev–Trinajstić information content (AvgIpc) is 2.78. The number of tetrazole rings is 1. The Morgan fingerprint density at radius 3 is 2.82 bits per heavy atom. The number of amides is 1. The SMILES string of the molecule is CCCn1nnnc1NC(=O)c1ccccc1. The van der Waals surface area contributed by atoms with Crippen molar-refractivity contribution in [2.24, 2.45) is 0 Å². The molecule has 0 spiro atoms. The number of carbonyl (C=O) groups is 1. The second-order valence-electron chi connectivity index (χ2n) is 3.55. The lowest BCUT2D eigenvalue weighted by molar-refractivity contribution is 0.102. The summed E-state index contributed by atoms with van der Waals surface area (Å²) in [6.07, 6.45) is 0.902. The Morgan fingerprint density at radius 2 is 2.12 bits per heavy atom. The second kappa shape index (κ2) is 5.20. The minimum atomic E-state index is -0.210. The average molecular weight is 231 g/mol. The molecule has 88 valence electrons. The first-order valence-corrected chi connectivity index (χ1v) is 5.44. The van der Waals surface area contributed by atoms with E-state index in [0.29, 0.717) is 18.1 Å². The van der Waals surface area contributed by atoms with Gasteiger partial charge in [-0.2, -0.15) is 0 Å². The summed E-state index contributed by atoms with van der Waals surface area (Å²) in [4.78, 5) is 11.8. The van der Waals surface area contributed by atoms with Crippen LogP contribution in [0.4, 0.5) is 5.95 Å². The predicted octanol–water partition coefficient (Wildman–Crippen LogP) is 1.34. The molecule has 17 heavy (non-hydrogen) atoms. The Balaban J connectivity index is 2.11. The molecule has 0 fully saturated rings. The van der Waals surface area contributed by atoms with Crippen LogP contribution in [-0.4, -0.2) is 26.1 Å². The van der Waals surface area contributed by atoms with E-state index in [1.165, 1.54) is 0 Å². The molecule has 0 aliphatic carbocycles. The summed E-state index contributed by atoms with van der Waals surface area (Å²) < 4.78 is 1.57. The number of aryl methyl sites for hydroxylation is 1. The summed E-state index contributed by atoms with van der Waals surface area (Å²) >= 11 is 0. The van der Waals surface area contributed by atoms with Crippen molar-refractivity contribution in [2.45, 2.75) is 19.9 Å². The van der Waals surface area contributed by atoms with Gasteiger partial charge < -0.3 is 0 Å². The Kier molecular flexibility index (Phi) is 3.44. The molecule has 0 unspecified atom stereocenters. The summed E-state index contributed by atoms with van der Waals surface area (Å²) in [5, 5.41) is 13.8. The highest BCUT2D eigenvalue weighted by molar-refractivity contribution is 6.03. The van der Waals surface area contributed by atoms with Gasteiger partial charge in [0, 0.05) is 12.1 Å².